The van der Waals surface area contributed by atoms with E-state index in [0.717, 1.165) is 13.0 Å². The Bertz CT molecular complexity index is 489. The van der Waals surface area contributed by atoms with Gasteiger partial charge >= 0.3 is 0 Å². The van der Waals surface area contributed by atoms with Crippen LogP contribution >= 0.6 is 23.2 Å². The van der Waals surface area contributed by atoms with Gasteiger partial charge in [0.25, 0.3) is 0 Å². The Hall–Kier alpha value is -0.610. The molecule has 0 amide bonds. The second kappa shape index (κ2) is 8.14. The lowest BCUT2D eigenvalue weighted by Gasteiger charge is -2.37. The summed E-state index contributed by atoms with van der Waals surface area (Å²) in [6.07, 6.45) is 4.83. The molecule has 3 nitrogen and oxygen atoms in total. The van der Waals surface area contributed by atoms with Gasteiger partial charge in [0.2, 0.25) is 0 Å². The van der Waals surface area contributed by atoms with Crippen LogP contribution in [0.15, 0.2) is 18.2 Å². The molecule has 0 unspecified atom stereocenters. The first kappa shape index (κ1) is 16.8. The van der Waals surface area contributed by atoms with Crippen molar-refractivity contribution in [2.24, 2.45) is 0 Å². The van der Waals surface area contributed by atoms with Crippen molar-refractivity contribution in [2.75, 3.05) is 19.7 Å². The van der Waals surface area contributed by atoms with Crippen LogP contribution in [0.5, 0.6) is 0 Å². The van der Waals surface area contributed by atoms with Gasteiger partial charge in [0.05, 0.1) is 10.0 Å². The average Bonchev–Trinajstić information content (AvgIpc) is 2.42. The molecule has 1 aromatic rings. The summed E-state index contributed by atoms with van der Waals surface area (Å²) in [5, 5.41) is 9.74. The molecule has 2 rings (SSSR count). The summed E-state index contributed by atoms with van der Waals surface area (Å²) in [6, 6.07) is 5.72. The van der Waals surface area contributed by atoms with E-state index in [-0.39, 0.29) is 12.4 Å². The third-order valence-electron chi connectivity index (χ3n) is 4.07. The largest absolute Gasteiger partial charge is 0.396 e. The predicted molar refractivity (Wildman–Crippen MR) is 86.3 cm³/mol. The fourth-order valence-corrected chi connectivity index (χ4v) is 3.01. The Kier molecular flexibility index (Phi) is 6.49. The van der Waals surface area contributed by atoms with E-state index < -0.39 is 0 Å². The van der Waals surface area contributed by atoms with Crippen LogP contribution in [0.4, 0.5) is 0 Å². The lowest BCUT2D eigenvalue weighted by atomic mass is 9.91. The molecular formula is C16H21Cl2NO2. The van der Waals surface area contributed by atoms with Crippen LogP contribution in [0.3, 0.4) is 0 Å². The minimum atomic E-state index is 0.0239. The summed E-state index contributed by atoms with van der Waals surface area (Å²) in [5.74, 6) is 0.0239. The fraction of sp³-hybridized carbons (Fsp3) is 0.562. The van der Waals surface area contributed by atoms with Gasteiger partial charge < -0.3 is 5.11 Å². The molecule has 0 aliphatic heterocycles. The number of aliphatic hydroxyl groups is 1. The molecule has 1 N–H and O–H groups in total. The molecule has 5 heteroatoms. The number of benzene rings is 1. The van der Waals surface area contributed by atoms with Gasteiger partial charge in [0.15, 0.2) is 5.78 Å². The number of nitrogens with zero attached hydrogens (tertiary/aromatic N) is 1. The molecule has 0 heterocycles. The number of halogens is 2. The third-order valence-corrected chi connectivity index (χ3v) is 4.89. The van der Waals surface area contributed by atoms with Gasteiger partial charge in [-0.25, -0.2) is 0 Å². The highest BCUT2D eigenvalue weighted by molar-refractivity contribution is 6.43. The Morgan fingerprint density at radius 2 is 2.05 bits per heavy atom. The van der Waals surface area contributed by atoms with Crippen molar-refractivity contribution in [1.82, 2.24) is 4.90 Å². The SMILES string of the molecule is O=C(CCN(CCCO)C1CCC1)c1cccc(Cl)c1Cl. The van der Waals surface area contributed by atoms with E-state index in [4.69, 9.17) is 28.3 Å². The number of Topliss-reactive ketones (excluding diaryl/α,β-unsaturated/α-hetero) is 1. The number of hydrogen-bond donors (Lipinski definition) is 1. The van der Waals surface area contributed by atoms with Crippen LogP contribution in [0, 0.1) is 0 Å². The summed E-state index contributed by atoms with van der Waals surface area (Å²) in [7, 11) is 0. The van der Waals surface area contributed by atoms with Crippen molar-refractivity contribution in [1.29, 1.82) is 0 Å². The number of carbonyl (C=O) groups excluding carboxylic acids is 1. The van der Waals surface area contributed by atoms with Gasteiger partial charge in [-0.1, -0.05) is 35.7 Å². The Labute approximate surface area is 135 Å². The zero-order valence-corrected chi connectivity index (χ0v) is 13.5. The molecular weight excluding hydrogens is 309 g/mol. The van der Waals surface area contributed by atoms with E-state index in [1.54, 1.807) is 18.2 Å². The topological polar surface area (TPSA) is 40.5 Å². The highest BCUT2D eigenvalue weighted by Gasteiger charge is 2.25. The van der Waals surface area contributed by atoms with E-state index >= 15 is 0 Å². The quantitative estimate of drug-likeness (QED) is 0.737. The average molecular weight is 330 g/mol. The van der Waals surface area contributed by atoms with Crippen LogP contribution in [0.2, 0.25) is 10.0 Å². The first-order chi connectivity index (χ1) is 10.1. The molecule has 0 bridgehead atoms. The summed E-state index contributed by atoms with van der Waals surface area (Å²) >= 11 is 12.0. The van der Waals surface area contributed by atoms with Crippen LogP contribution < -0.4 is 0 Å². The maximum atomic E-state index is 12.3. The maximum Gasteiger partial charge on any atom is 0.165 e. The van der Waals surface area contributed by atoms with Gasteiger partial charge in [-0.05, 0) is 31.4 Å². The lowest BCUT2D eigenvalue weighted by molar-refractivity contribution is 0.0887. The molecule has 1 saturated carbocycles. The molecule has 1 aromatic carbocycles. The zero-order valence-electron chi connectivity index (χ0n) is 12.0. The van der Waals surface area contributed by atoms with Crippen molar-refractivity contribution in [2.45, 2.75) is 38.1 Å². The number of rotatable bonds is 8. The van der Waals surface area contributed by atoms with E-state index in [9.17, 15) is 4.79 Å². The molecule has 0 saturated heterocycles. The van der Waals surface area contributed by atoms with Gasteiger partial charge in [-0.15, -0.1) is 0 Å². The normalized spacial score (nSPS) is 15.2. The van der Waals surface area contributed by atoms with Gasteiger partial charge in [0.1, 0.15) is 0 Å². The first-order valence-corrected chi connectivity index (χ1v) is 8.21. The van der Waals surface area contributed by atoms with Crippen molar-refractivity contribution < 1.29 is 9.90 Å². The molecule has 116 valence electrons. The van der Waals surface area contributed by atoms with Gasteiger partial charge in [0, 0.05) is 37.7 Å². The van der Waals surface area contributed by atoms with Gasteiger partial charge in [-0.3, -0.25) is 9.69 Å². The zero-order chi connectivity index (χ0) is 15.2. The van der Waals surface area contributed by atoms with Crippen LogP contribution in [0.25, 0.3) is 0 Å². The number of aliphatic hydroxyl groups excluding tert-OH is 1. The second-order valence-corrected chi connectivity index (χ2v) is 6.26. The maximum absolute atomic E-state index is 12.3. The van der Waals surface area contributed by atoms with Gasteiger partial charge in [-0.2, -0.15) is 0 Å². The monoisotopic (exact) mass is 329 g/mol. The Balaban J connectivity index is 1.93. The predicted octanol–water partition coefficient (Wildman–Crippen LogP) is 3.80. The Morgan fingerprint density at radius 1 is 1.29 bits per heavy atom. The summed E-state index contributed by atoms with van der Waals surface area (Å²) in [6.45, 7) is 1.75. The highest BCUT2D eigenvalue weighted by Crippen LogP contribution is 2.28. The van der Waals surface area contributed by atoms with Crippen molar-refractivity contribution in [3.8, 4) is 0 Å². The first-order valence-electron chi connectivity index (χ1n) is 7.45. The second-order valence-electron chi connectivity index (χ2n) is 5.47. The number of hydrogen-bond acceptors (Lipinski definition) is 3. The van der Waals surface area contributed by atoms with E-state index in [1.807, 2.05) is 0 Å². The summed E-state index contributed by atoms with van der Waals surface area (Å²) < 4.78 is 0. The van der Waals surface area contributed by atoms with Crippen molar-refractivity contribution >= 4 is 29.0 Å². The molecule has 1 aliphatic rings. The van der Waals surface area contributed by atoms with E-state index in [2.05, 4.69) is 4.90 Å². The minimum absolute atomic E-state index is 0.0239. The minimum Gasteiger partial charge on any atom is -0.396 e. The number of carbonyl (C=O) groups is 1. The van der Waals surface area contributed by atoms with E-state index in [1.165, 1.54) is 19.3 Å². The molecule has 0 spiro atoms. The van der Waals surface area contributed by atoms with Crippen LogP contribution in [-0.4, -0.2) is 41.5 Å². The smallest absolute Gasteiger partial charge is 0.165 e. The molecule has 0 atom stereocenters. The summed E-state index contributed by atoms with van der Waals surface area (Å²) in [4.78, 5) is 14.6. The Morgan fingerprint density at radius 3 is 2.67 bits per heavy atom. The molecule has 0 aromatic heterocycles. The van der Waals surface area contributed by atoms with Crippen molar-refractivity contribution in [3.05, 3.63) is 33.8 Å². The molecule has 1 aliphatic carbocycles. The van der Waals surface area contributed by atoms with Crippen molar-refractivity contribution in [3.63, 3.8) is 0 Å². The highest BCUT2D eigenvalue weighted by atomic mass is 35.5. The number of ketones is 1. The molecule has 1 fully saturated rings. The third kappa shape index (κ3) is 4.43. The molecule has 21 heavy (non-hydrogen) atoms. The summed E-state index contributed by atoms with van der Waals surface area (Å²) in [5.41, 5.74) is 0.500. The fourth-order valence-electron chi connectivity index (χ4n) is 2.60. The van der Waals surface area contributed by atoms with Crippen LogP contribution in [-0.2, 0) is 0 Å². The lowest BCUT2D eigenvalue weighted by Crippen LogP contribution is -2.42. The van der Waals surface area contributed by atoms with E-state index in [0.29, 0.717) is 34.6 Å². The molecule has 0 radical (unpaired) electrons. The van der Waals surface area contributed by atoms with Crippen LogP contribution in [0.1, 0.15) is 42.5 Å². The standard InChI is InChI=1S/C16H21Cl2NO2/c17-14-7-2-6-13(16(14)18)15(21)8-10-19(9-3-11-20)12-4-1-5-12/h2,6-7,12,20H,1,3-5,8-11H2.